The van der Waals surface area contributed by atoms with Crippen molar-refractivity contribution in [3.05, 3.63) is 29.0 Å². The zero-order valence-corrected chi connectivity index (χ0v) is 9.81. The Morgan fingerprint density at radius 1 is 1.50 bits per heavy atom. The Morgan fingerprint density at radius 2 is 2.21 bits per heavy atom. The number of hydrogen-bond donors (Lipinski definition) is 1. The van der Waals surface area contributed by atoms with E-state index in [1.807, 2.05) is 6.07 Å². The summed E-state index contributed by atoms with van der Waals surface area (Å²) in [7, 11) is 0. The van der Waals surface area contributed by atoms with E-state index < -0.39 is 0 Å². The fourth-order valence-electron chi connectivity index (χ4n) is 1.20. The Bertz CT molecular complexity index is 249. The van der Waals surface area contributed by atoms with E-state index in [-0.39, 0.29) is 18.4 Å². The molecule has 1 aromatic rings. The minimum absolute atomic E-state index is 0. The third kappa shape index (κ3) is 4.27. The lowest BCUT2D eigenvalue weighted by molar-refractivity contribution is 0.602. The minimum Gasteiger partial charge on any atom is -0.324 e. The molecule has 0 radical (unpaired) electrons. The van der Waals surface area contributed by atoms with Gasteiger partial charge in [-0.1, -0.05) is 37.4 Å². The van der Waals surface area contributed by atoms with E-state index >= 15 is 0 Å². The van der Waals surface area contributed by atoms with E-state index in [2.05, 4.69) is 11.9 Å². The molecule has 0 bridgehead atoms. The minimum atomic E-state index is 0. The summed E-state index contributed by atoms with van der Waals surface area (Å²) < 4.78 is 0. The van der Waals surface area contributed by atoms with E-state index in [1.54, 1.807) is 12.3 Å². The maximum Gasteiger partial charge on any atom is 0.129 e. The predicted octanol–water partition coefficient (Wildman–Crippen LogP) is 3.35. The van der Waals surface area contributed by atoms with Gasteiger partial charge in [-0.3, -0.25) is 0 Å². The zero-order chi connectivity index (χ0) is 9.68. The first-order valence-electron chi connectivity index (χ1n) is 4.61. The molecule has 0 unspecified atom stereocenters. The maximum absolute atomic E-state index is 5.95. The summed E-state index contributed by atoms with van der Waals surface area (Å²) in [5, 5.41) is 0.520. The standard InChI is InChI=1S/C10H15ClN2.ClH/c1-2-3-4-9(12)8-5-6-10(11)13-7-8;/h5-7,9H,2-4,12H2,1H3;1H/t9-;/m0./s1. The normalized spacial score (nSPS) is 11.9. The van der Waals surface area contributed by atoms with Gasteiger partial charge >= 0.3 is 0 Å². The van der Waals surface area contributed by atoms with Crippen LogP contribution < -0.4 is 5.73 Å². The molecule has 0 aliphatic rings. The van der Waals surface area contributed by atoms with E-state index in [1.165, 1.54) is 6.42 Å². The molecule has 80 valence electrons. The molecule has 14 heavy (non-hydrogen) atoms. The van der Waals surface area contributed by atoms with Crippen LogP contribution in [0.1, 0.15) is 37.8 Å². The molecular formula is C10H16Cl2N2. The number of rotatable bonds is 4. The second kappa shape index (κ2) is 7.04. The molecule has 0 amide bonds. The van der Waals surface area contributed by atoms with Gasteiger partial charge in [0, 0.05) is 12.2 Å². The van der Waals surface area contributed by atoms with Crippen LogP contribution >= 0.6 is 24.0 Å². The van der Waals surface area contributed by atoms with Crippen molar-refractivity contribution >= 4 is 24.0 Å². The van der Waals surface area contributed by atoms with Gasteiger partial charge < -0.3 is 5.73 Å². The summed E-state index contributed by atoms with van der Waals surface area (Å²) in [6.07, 6.45) is 5.10. The number of aromatic nitrogens is 1. The van der Waals surface area contributed by atoms with Crippen molar-refractivity contribution in [2.24, 2.45) is 5.73 Å². The molecule has 1 heterocycles. The fourth-order valence-corrected chi connectivity index (χ4v) is 1.31. The Hall–Kier alpha value is -0.310. The second-order valence-electron chi connectivity index (χ2n) is 3.16. The maximum atomic E-state index is 5.95. The lowest BCUT2D eigenvalue weighted by atomic mass is 10.0. The van der Waals surface area contributed by atoms with Crippen molar-refractivity contribution in [3.8, 4) is 0 Å². The topological polar surface area (TPSA) is 38.9 Å². The average molecular weight is 235 g/mol. The molecule has 0 fully saturated rings. The number of unbranched alkanes of at least 4 members (excludes halogenated alkanes) is 1. The summed E-state index contributed by atoms with van der Waals surface area (Å²) >= 11 is 5.67. The molecule has 1 atom stereocenters. The monoisotopic (exact) mass is 234 g/mol. The van der Waals surface area contributed by atoms with Gasteiger partial charge in [-0.15, -0.1) is 12.4 Å². The van der Waals surface area contributed by atoms with Crippen molar-refractivity contribution in [1.82, 2.24) is 4.98 Å². The zero-order valence-electron chi connectivity index (χ0n) is 8.24. The van der Waals surface area contributed by atoms with Crippen molar-refractivity contribution in [2.45, 2.75) is 32.2 Å². The quantitative estimate of drug-likeness (QED) is 0.813. The van der Waals surface area contributed by atoms with Crippen molar-refractivity contribution in [1.29, 1.82) is 0 Å². The molecule has 2 N–H and O–H groups in total. The number of nitrogens with two attached hydrogens (primary N) is 1. The molecular weight excluding hydrogens is 219 g/mol. The first-order chi connectivity index (χ1) is 6.24. The molecule has 0 saturated heterocycles. The van der Waals surface area contributed by atoms with Gasteiger partial charge in [0.15, 0.2) is 0 Å². The molecule has 2 nitrogen and oxygen atoms in total. The van der Waals surface area contributed by atoms with Crippen LogP contribution in [0, 0.1) is 0 Å². The summed E-state index contributed by atoms with van der Waals surface area (Å²) in [6.45, 7) is 2.16. The highest BCUT2D eigenvalue weighted by Crippen LogP contribution is 2.16. The van der Waals surface area contributed by atoms with Gasteiger partial charge in [0.1, 0.15) is 5.15 Å². The van der Waals surface area contributed by atoms with Crippen LogP contribution in [-0.2, 0) is 0 Å². The molecule has 0 aliphatic heterocycles. The lowest BCUT2D eigenvalue weighted by Crippen LogP contribution is -2.10. The van der Waals surface area contributed by atoms with Crippen LogP contribution in [0.25, 0.3) is 0 Å². The van der Waals surface area contributed by atoms with Gasteiger partial charge in [-0.2, -0.15) is 0 Å². The first kappa shape index (κ1) is 13.7. The Labute approximate surface area is 96.3 Å². The van der Waals surface area contributed by atoms with Gasteiger partial charge in [-0.05, 0) is 18.1 Å². The molecule has 0 aliphatic carbocycles. The summed E-state index contributed by atoms with van der Waals surface area (Å²) in [5.41, 5.74) is 7.02. The summed E-state index contributed by atoms with van der Waals surface area (Å²) in [6, 6.07) is 3.82. The molecule has 1 aromatic heterocycles. The summed E-state index contributed by atoms with van der Waals surface area (Å²) in [4.78, 5) is 3.99. The first-order valence-corrected chi connectivity index (χ1v) is 4.99. The van der Waals surface area contributed by atoms with Crippen LogP contribution in [0.15, 0.2) is 18.3 Å². The Kier molecular flexibility index (Phi) is 6.89. The largest absolute Gasteiger partial charge is 0.324 e. The van der Waals surface area contributed by atoms with E-state index in [9.17, 15) is 0 Å². The molecule has 4 heteroatoms. The molecule has 1 rings (SSSR count). The van der Waals surface area contributed by atoms with Gasteiger partial charge in [0.05, 0.1) is 0 Å². The smallest absolute Gasteiger partial charge is 0.129 e. The number of halogens is 2. The number of pyridine rings is 1. The molecule has 0 spiro atoms. The Balaban J connectivity index is 0.00000169. The predicted molar refractivity (Wildman–Crippen MR) is 62.9 cm³/mol. The molecule has 0 aromatic carbocycles. The highest BCUT2D eigenvalue weighted by atomic mass is 35.5. The summed E-state index contributed by atoms with van der Waals surface area (Å²) in [5.74, 6) is 0. The third-order valence-corrected chi connectivity index (χ3v) is 2.27. The fraction of sp³-hybridized carbons (Fsp3) is 0.500. The van der Waals surface area contributed by atoms with Crippen LogP contribution in [-0.4, -0.2) is 4.98 Å². The van der Waals surface area contributed by atoms with Crippen LogP contribution in [0.5, 0.6) is 0 Å². The van der Waals surface area contributed by atoms with Crippen LogP contribution in [0.4, 0.5) is 0 Å². The van der Waals surface area contributed by atoms with Crippen molar-refractivity contribution < 1.29 is 0 Å². The highest BCUT2D eigenvalue weighted by molar-refractivity contribution is 6.29. The third-order valence-electron chi connectivity index (χ3n) is 2.05. The van der Waals surface area contributed by atoms with Gasteiger partial charge in [-0.25, -0.2) is 4.98 Å². The van der Waals surface area contributed by atoms with Crippen LogP contribution in [0.2, 0.25) is 5.15 Å². The van der Waals surface area contributed by atoms with E-state index in [0.717, 1.165) is 18.4 Å². The van der Waals surface area contributed by atoms with Gasteiger partial charge in [0.25, 0.3) is 0 Å². The second-order valence-corrected chi connectivity index (χ2v) is 3.55. The van der Waals surface area contributed by atoms with Gasteiger partial charge in [0.2, 0.25) is 0 Å². The number of nitrogens with zero attached hydrogens (tertiary/aromatic N) is 1. The van der Waals surface area contributed by atoms with E-state index in [0.29, 0.717) is 5.15 Å². The van der Waals surface area contributed by atoms with E-state index in [4.69, 9.17) is 17.3 Å². The average Bonchev–Trinajstić information content (AvgIpc) is 2.15. The van der Waals surface area contributed by atoms with Crippen molar-refractivity contribution in [2.75, 3.05) is 0 Å². The highest BCUT2D eigenvalue weighted by Gasteiger charge is 2.04. The number of hydrogen-bond acceptors (Lipinski definition) is 2. The SMILES string of the molecule is CCCC[C@H](N)c1ccc(Cl)nc1.Cl. The Morgan fingerprint density at radius 3 is 2.71 bits per heavy atom. The molecule has 0 saturated carbocycles. The lowest BCUT2D eigenvalue weighted by Gasteiger charge is -2.10. The van der Waals surface area contributed by atoms with Crippen molar-refractivity contribution in [3.63, 3.8) is 0 Å². The van der Waals surface area contributed by atoms with Crippen LogP contribution in [0.3, 0.4) is 0 Å².